The van der Waals surface area contributed by atoms with Crippen molar-refractivity contribution in [1.82, 2.24) is 5.32 Å². The van der Waals surface area contributed by atoms with Gasteiger partial charge in [-0.1, -0.05) is 18.2 Å². The second kappa shape index (κ2) is 8.50. The highest BCUT2D eigenvalue weighted by molar-refractivity contribution is 5.76. The Kier molecular flexibility index (Phi) is 6.38. The predicted molar refractivity (Wildman–Crippen MR) is 87.7 cm³/mol. The van der Waals surface area contributed by atoms with Crippen LogP contribution in [0.2, 0.25) is 0 Å². The molecule has 25 heavy (non-hydrogen) atoms. The van der Waals surface area contributed by atoms with Gasteiger partial charge in [0.1, 0.15) is 5.82 Å². The van der Waals surface area contributed by atoms with Crippen molar-refractivity contribution < 1.29 is 22.4 Å². The lowest BCUT2D eigenvalue weighted by atomic mass is 10.1. The van der Waals surface area contributed by atoms with Crippen LogP contribution in [-0.4, -0.2) is 19.0 Å². The van der Waals surface area contributed by atoms with Crippen molar-refractivity contribution in [3.63, 3.8) is 0 Å². The molecule has 1 amide bonds. The number of nitrogens with one attached hydrogen (secondary N) is 2. The predicted octanol–water partition coefficient (Wildman–Crippen LogP) is 4.01. The Hall–Kier alpha value is -2.57. The summed E-state index contributed by atoms with van der Waals surface area (Å²) in [6.45, 7) is 0.637. The average molecular weight is 354 g/mol. The molecule has 0 aliphatic rings. The highest BCUT2D eigenvalue weighted by atomic mass is 19.4. The minimum absolute atomic E-state index is 0.139. The summed E-state index contributed by atoms with van der Waals surface area (Å²) in [4.78, 5) is 11.7. The van der Waals surface area contributed by atoms with Crippen molar-refractivity contribution in [3.8, 4) is 0 Å². The quantitative estimate of drug-likeness (QED) is 0.738. The number of carbonyl (C=O) groups excluding carboxylic acids is 1. The average Bonchev–Trinajstić information content (AvgIpc) is 2.56. The molecule has 2 aromatic rings. The lowest BCUT2D eigenvalue weighted by molar-refractivity contribution is -0.137. The van der Waals surface area contributed by atoms with Gasteiger partial charge in [0, 0.05) is 25.2 Å². The first kappa shape index (κ1) is 18.8. The van der Waals surface area contributed by atoms with E-state index in [0.717, 1.165) is 17.7 Å². The van der Waals surface area contributed by atoms with E-state index in [1.807, 2.05) is 0 Å². The van der Waals surface area contributed by atoms with Crippen LogP contribution in [0.5, 0.6) is 0 Å². The van der Waals surface area contributed by atoms with Crippen molar-refractivity contribution in [2.75, 3.05) is 18.4 Å². The van der Waals surface area contributed by atoms with Gasteiger partial charge in [0.15, 0.2) is 0 Å². The second-order valence-corrected chi connectivity index (χ2v) is 5.48. The van der Waals surface area contributed by atoms with E-state index in [-0.39, 0.29) is 24.7 Å². The third-order valence-electron chi connectivity index (χ3n) is 3.52. The fourth-order valence-electron chi connectivity index (χ4n) is 2.21. The first-order valence-corrected chi connectivity index (χ1v) is 7.77. The summed E-state index contributed by atoms with van der Waals surface area (Å²) in [5.41, 5.74) is 0.485. The Morgan fingerprint density at radius 2 is 1.72 bits per heavy atom. The molecule has 2 aromatic carbocycles. The van der Waals surface area contributed by atoms with Gasteiger partial charge in [0.25, 0.3) is 0 Å². The molecule has 0 radical (unpaired) electrons. The van der Waals surface area contributed by atoms with E-state index in [1.54, 1.807) is 12.1 Å². The Morgan fingerprint density at radius 1 is 1.00 bits per heavy atom. The molecule has 0 spiro atoms. The first-order valence-electron chi connectivity index (χ1n) is 7.77. The number of carbonyl (C=O) groups is 1. The highest BCUT2D eigenvalue weighted by Gasteiger charge is 2.30. The van der Waals surface area contributed by atoms with Crippen LogP contribution in [0, 0.1) is 5.82 Å². The zero-order chi connectivity index (χ0) is 18.3. The van der Waals surface area contributed by atoms with Crippen LogP contribution in [0.1, 0.15) is 17.5 Å². The lowest BCUT2D eigenvalue weighted by Gasteiger charge is -2.11. The van der Waals surface area contributed by atoms with E-state index in [9.17, 15) is 22.4 Å². The molecule has 0 bridgehead atoms. The molecule has 0 aliphatic carbocycles. The van der Waals surface area contributed by atoms with E-state index in [0.29, 0.717) is 18.7 Å². The zero-order valence-corrected chi connectivity index (χ0v) is 13.4. The molecular formula is C18H18F4N2O. The number of hydrogen-bond acceptors (Lipinski definition) is 2. The summed E-state index contributed by atoms with van der Waals surface area (Å²) in [6.07, 6.45) is -3.68. The normalized spacial score (nSPS) is 11.2. The largest absolute Gasteiger partial charge is 0.416 e. The fourth-order valence-corrected chi connectivity index (χ4v) is 2.21. The molecule has 7 heteroatoms. The van der Waals surface area contributed by atoms with Crippen LogP contribution < -0.4 is 10.6 Å². The van der Waals surface area contributed by atoms with Gasteiger partial charge >= 0.3 is 6.18 Å². The number of rotatable bonds is 7. The van der Waals surface area contributed by atoms with Crippen LogP contribution in [0.4, 0.5) is 23.2 Å². The smallest absolute Gasteiger partial charge is 0.385 e. The molecule has 2 N–H and O–H groups in total. The summed E-state index contributed by atoms with van der Waals surface area (Å²) in [5.74, 6) is -0.518. The molecule has 0 saturated carbocycles. The van der Waals surface area contributed by atoms with Crippen molar-refractivity contribution in [2.24, 2.45) is 0 Å². The Balaban J connectivity index is 1.69. The van der Waals surface area contributed by atoms with E-state index < -0.39 is 11.7 Å². The molecule has 0 heterocycles. The van der Waals surface area contributed by atoms with Gasteiger partial charge in [-0.25, -0.2) is 4.39 Å². The summed E-state index contributed by atoms with van der Waals surface area (Å²) >= 11 is 0. The Morgan fingerprint density at radius 3 is 2.40 bits per heavy atom. The van der Waals surface area contributed by atoms with Crippen LogP contribution in [0.3, 0.4) is 0 Å². The standard InChI is InChI=1S/C18H18F4N2O/c19-15-6-4-13(5-7-15)8-10-24-17(25)9-11-23-16-3-1-2-14(12-16)18(20,21)22/h1-7,12,23H,8-11H2,(H,24,25). The maximum atomic E-state index is 12.8. The second-order valence-electron chi connectivity index (χ2n) is 5.48. The van der Waals surface area contributed by atoms with Gasteiger partial charge in [-0.3, -0.25) is 4.79 Å². The van der Waals surface area contributed by atoms with Gasteiger partial charge in [0.05, 0.1) is 5.56 Å². The van der Waals surface area contributed by atoms with E-state index in [2.05, 4.69) is 10.6 Å². The van der Waals surface area contributed by atoms with Crippen LogP contribution >= 0.6 is 0 Å². The van der Waals surface area contributed by atoms with Gasteiger partial charge in [0.2, 0.25) is 5.91 Å². The lowest BCUT2D eigenvalue weighted by Crippen LogP contribution is -2.27. The van der Waals surface area contributed by atoms with Crippen LogP contribution in [0.25, 0.3) is 0 Å². The van der Waals surface area contributed by atoms with Crippen LogP contribution in [-0.2, 0) is 17.4 Å². The summed E-state index contributed by atoms with van der Waals surface area (Å²) < 4.78 is 50.6. The molecular weight excluding hydrogens is 336 g/mol. The van der Waals surface area contributed by atoms with Crippen molar-refractivity contribution >= 4 is 11.6 Å². The minimum atomic E-state index is -4.39. The number of hydrogen-bond donors (Lipinski definition) is 2. The minimum Gasteiger partial charge on any atom is -0.385 e. The molecule has 3 nitrogen and oxygen atoms in total. The number of amides is 1. The number of alkyl halides is 3. The summed E-state index contributed by atoms with van der Waals surface area (Å²) in [7, 11) is 0. The monoisotopic (exact) mass is 354 g/mol. The van der Waals surface area contributed by atoms with Gasteiger partial charge < -0.3 is 10.6 Å². The third kappa shape index (κ3) is 6.45. The SMILES string of the molecule is O=C(CCNc1cccc(C(F)(F)F)c1)NCCc1ccc(F)cc1. The maximum absolute atomic E-state index is 12.8. The maximum Gasteiger partial charge on any atom is 0.416 e. The van der Waals surface area contributed by atoms with Crippen LogP contribution in [0.15, 0.2) is 48.5 Å². The highest BCUT2D eigenvalue weighted by Crippen LogP contribution is 2.30. The summed E-state index contributed by atoms with van der Waals surface area (Å²) in [6, 6.07) is 10.8. The number of anilines is 1. The van der Waals surface area contributed by atoms with Crippen molar-refractivity contribution in [1.29, 1.82) is 0 Å². The van der Waals surface area contributed by atoms with Crippen molar-refractivity contribution in [2.45, 2.75) is 19.0 Å². The fraction of sp³-hybridized carbons (Fsp3) is 0.278. The molecule has 0 atom stereocenters. The molecule has 0 aliphatic heterocycles. The topological polar surface area (TPSA) is 41.1 Å². The first-order chi connectivity index (χ1) is 11.8. The number of halogens is 4. The van der Waals surface area contributed by atoms with Crippen molar-refractivity contribution in [3.05, 3.63) is 65.5 Å². The summed E-state index contributed by atoms with van der Waals surface area (Å²) in [5, 5.41) is 5.51. The van der Waals surface area contributed by atoms with Gasteiger partial charge in [-0.05, 0) is 42.3 Å². The Labute approximate surface area is 143 Å². The molecule has 0 fully saturated rings. The van der Waals surface area contributed by atoms with Gasteiger partial charge in [-0.15, -0.1) is 0 Å². The molecule has 0 saturated heterocycles. The van der Waals surface area contributed by atoms with E-state index in [4.69, 9.17) is 0 Å². The molecule has 2 rings (SSSR count). The number of benzene rings is 2. The van der Waals surface area contributed by atoms with Gasteiger partial charge in [-0.2, -0.15) is 13.2 Å². The molecule has 134 valence electrons. The van der Waals surface area contributed by atoms with E-state index >= 15 is 0 Å². The van der Waals surface area contributed by atoms with E-state index in [1.165, 1.54) is 24.3 Å². The Bertz CT molecular complexity index is 699. The zero-order valence-electron chi connectivity index (χ0n) is 13.4. The molecule has 0 aromatic heterocycles. The molecule has 0 unspecified atom stereocenters. The third-order valence-corrected chi connectivity index (χ3v) is 3.52.